The van der Waals surface area contributed by atoms with Crippen molar-refractivity contribution in [2.45, 2.75) is 31.7 Å². The van der Waals surface area contributed by atoms with Crippen molar-refractivity contribution in [1.29, 1.82) is 0 Å². The summed E-state index contributed by atoms with van der Waals surface area (Å²) in [6.07, 6.45) is 5.76. The summed E-state index contributed by atoms with van der Waals surface area (Å²) in [5.74, 6) is 1.75. The number of rotatable bonds is 7. The average molecular weight is 342 g/mol. The van der Waals surface area contributed by atoms with Crippen LogP contribution in [0.25, 0.3) is 0 Å². The molecule has 1 unspecified atom stereocenters. The second-order valence-electron chi connectivity index (χ2n) is 6.46. The molecular weight excluding hydrogens is 316 g/mol. The second-order valence-corrected chi connectivity index (χ2v) is 6.46. The van der Waals surface area contributed by atoms with E-state index in [1.165, 1.54) is 19.3 Å². The van der Waals surface area contributed by atoms with E-state index in [0.29, 0.717) is 13.0 Å². The van der Waals surface area contributed by atoms with Crippen LogP contribution in [0.4, 0.5) is 0 Å². The van der Waals surface area contributed by atoms with Crippen molar-refractivity contribution in [2.75, 3.05) is 26.7 Å². The van der Waals surface area contributed by atoms with Crippen molar-refractivity contribution in [3.8, 4) is 5.75 Å². The molecule has 0 spiro atoms. The van der Waals surface area contributed by atoms with E-state index in [1.807, 2.05) is 36.4 Å². The first-order chi connectivity index (χ1) is 12.3. The Morgan fingerprint density at radius 2 is 1.96 bits per heavy atom. The number of methoxy groups -OCH3 is 1. The molecule has 0 aliphatic carbocycles. The molecule has 2 heterocycles. The number of carbonyl (C=O) groups excluding carboxylic acids is 1. The van der Waals surface area contributed by atoms with Gasteiger partial charge >= 0.3 is 0 Å². The normalized spacial score (nSPS) is 16.4. The van der Waals surface area contributed by atoms with Gasteiger partial charge in [-0.2, -0.15) is 0 Å². The Morgan fingerprint density at radius 1 is 1.20 bits per heavy atom. The zero-order valence-corrected chi connectivity index (χ0v) is 14.7. The zero-order chi connectivity index (χ0) is 17.5. The van der Waals surface area contributed by atoms with Crippen molar-refractivity contribution in [2.24, 2.45) is 0 Å². The highest BCUT2D eigenvalue weighted by Crippen LogP contribution is 2.24. The summed E-state index contributed by atoms with van der Waals surface area (Å²) < 4.78 is 10.8. The van der Waals surface area contributed by atoms with Crippen LogP contribution < -0.4 is 10.1 Å². The molecule has 0 bridgehead atoms. The molecule has 1 aromatic carbocycles. The van der Waals surface area contributed by atoms with Crippen molar-refractivity contribution >= 4 is 5.91 Å². The first kappa shape index (κ1) is 17.5. The van der Waals surface area contributed by atoms with Gasteiger partial charge in [-0.1, -0.05) is 18.6 Å². The van der Waals surface area contributed by atoms with E-state index in [9.17, 15) is 4.79 Å². The maximum absolute atomic E-state index is 12.3. The molecule has 5 heteroatoms. The molecule has 1 N–H and O–H groups in total. The third-order valence-corrected chi connectivity index (χ3v) is 4.72. The van der Waals surface area contributed by atoms with Gasteiger partial charge in [0.05, 0.1) is 25.8 Å². The molecule has 1 aliphatic rings. The van der Waals surface area contributed by atoms with Gasteiger partial charge in [0.2, 0.25) is 5.91 Å². The number of amides is 1. The highest BCUT2D eigenvalue weighted by atomic mass is 16.5. The van der Waals surface area contributed by atoms with Crippen molar-refractivity contribution in [3.63, 3.8) is 0 Å². The van der Waals surface area contributed by atoms with E-state index in [-0.39, 0.29) is 11.9 Å². The minimum absolute atomic E-state index is 0.0266. The minimum Gasteiger partial charge on any atom is -0.497 e. The molecule has 1 fully saturated rings. The van der Waals surface area contributed by atoms with Gasteiger partial charge in [-0.05, 0) is 55.8 Å². The highest BCUT2D eigenvalue weighted by Gasteiger charge is 2.24. The lowest BCUT2D eigenvalue weighted by molar-refractivity contribution is -0.120. The SMILES string of the molecule is COc1ccc(CC(=O)NCC(c2ccco2)N2CCCCC2)cc1. The lowest BCUT2D eigenvalue weighted by Crippen LogP contribution is -2.40. The largest absolute Gasteiger partial charge is 0.497 e. The summed E-state index contributed by atoms with van der Waals surface area (Å²) in [6, 6.07) is 11.6. The molecular formula is C20H26N2O3. The average Bonchev–Trinajstić information content (AvgIpc) is 3.18. The van der Waals surface area contributed by atoms with E-state index in [2.05, 4.69) is 10.2 Å². The molecule has 2 aromatic rings. The Bertz CT molecular complexity index is 646. The van der Waals surface area contributed by atoms with Crippen LogP contribution >= 0.6 is 0 Å². The van der Waals surface area contributed by atoms with Gasteiger partial charge in [0.15, 0.2) is 0 Å². The van der Waals surface area contributed by atoms with Crippen LogP contribution in [-0.2, 0) is 11.2 Å². The summed E-state index contributed by atoms with van der Waals surface area (Å²) in [6.45, 7) is 2.68. The van der Waals surface area contributed by atoms with Gasteiger partial charge < -0.3 is 14.5 Å². The minimum atomic E-state index is 0.0266. The molecule has 25 heavy (non-hydrogen) atoms. The maximum atomic E-state index is 12.3. The summed E-state index contributed by atoms with van der Waals surface area (Å²) >= 11 is 0. The maximum Gasteiger partial charge on any atom is 0.224 e. The fourth-order valence-corrected chi connectivity index (χ4v) is 3.32. The van der Waals surface area contributed by atoms with Gasteiger partial charge in [0.25, 0.3) is 0 Å². The van der Waals surface area contributed by atoms with Gasteiger partial charge in [-0.3, -0.25) is 9.69 Å². The van der Waals surface area contributed by atoms with Crippen LogP contribution in [0.3, 0.4) is 0 Å². The number of ether oxygens (including phenoxy) is 1. The predicted octanol–water partition coefficient (Wildman–Crippen LogP) is 3.17. The number of hydrogen-bond acceptors (Lipinski definition) is 4. The molecule has 0 saturated carbocycles. The molecule has 1 saturated heterocycles. The molecule has 1 aromatic heterocycles. The number of furan rings is 1. The van der Waals surface area contributed by atoms with Gasteiger partial charge in [-0.15, -0.1) is 0 Å². The zero-order valence-electron chi connectivity index (χ0n) is 14.7. The summed E-state index contributed by atoms with van der Waals surface area (Å²) in [7, 11) is 1.64. The number of piperidine rings is 1. The molecule has 5 nitrogen and oxygen atoms in total. The molecule has 1 atom stereocenters. The number of likely N-dealkylation sites (tertiary alicyclic amines) is 1. The molecule has 1 amide bonds. The number of hydrogen-bond donors (Lipinski definition) is 1. The van der Waals surface area contributed by atoms with Crippen molar-refractivity contribution < 1.29 is 13.9 Å². The fraction of sp³-hybridized carbons (Fsp3) is 0.450. The third kappa shape index (κ3) is 4.86. The molecule has 134 valence electrons. The van der Waals surface area contributed by atoms with Crippen LogP contribution in [0, 0.1) is 0 Å². The smallest absolute Gasteiger partial charge is 0.224 e. The fourth-order valence-electron chi connectivity index (χ4n) is 3.32. The van der Waals surface area contributed by atoms with E-state index in [4.69, 9.17) is 9.15 Å². The van der Waals surface area contributed by atoms with E-state index in [1.54, 1.807) is 13.4 Å². The predicted molar refractivity (Wildman–Crippen MR) is 96.6 cm³/mol. The van der Waals surface area contributed by atoms with Crippen LogP contribution in [-0.4, -0.2) is 37.6 Å². The van der Waals surface area contributed by atoms with Gasteiger partial charge in [0, 0.05) is 6.54 Å². The van der Waals surface area contributed by atoms with Crippen LogP contribution in [0.15, 0.2) is 47.1 Å². The van der Waals surface area contributed by atoms with E-state index < -0.39 is 0 Å². The first-order valence-electron chi connectivity index (χ1n) is 8.93. The van der Waals surface area contributed by atoms with Crippen molar-refractivity contribution in [1.82, 2.24) is 10.2 Å². The summed E-state index contributed by atoms with van der Waals surface area (Å²) in [5.41, 5.74) is 0.978. The highest BCUT2D eigenvalue weighted by molar-refractivity contribution is 5.78. The molecule has 3 rings (SSSR count). The Labute approximate surface area is 149 Å². The quantitative estimate of drug-likeness (QED) is 0.840. The lowest BCUT2D eigenvalue weighted by Gasteiger charge is -2.33. The Balaban J connectivity index is 1.57. The monoisotopic (exact) mass is 342 g/mol. The summed E-state index contributed by atoms with van der Waals surface area (Å²) in [5, 5.41) is 3.07. The third-order valence-electron chi connectivity index (χ3n) is 4.72. The summed E-state index contributed by atoms with van der Waals surface area (Å²) in [4.78, 5) is 14.7. The number of carbonyl (C=O) groups is 1. The first-order valence-corrected chi connectivity index (χ1v) is 8.93. The lowest BCUT2D eigenvalue weighted by atomic mass is 10.1. The van der Waals surface area contributed by atoms with Crippen molar-refractivity contribution in [3.05, 3.63) is 54.0 Å². The van der Waals surface area contributed by atoms with Crippen LogP contribution in [0.1, 0.15) is 36.6 Å². The van der Waals surface area contributed by atoms with Gasteiger partial charge in [-0.25, -0.2) is 0 Å². The second kappa shape index (κ2) is 8.72. The van der Waals surface area contributed by atoms with E-state index >= 15 is 0 Å². The Hall–Kier alpha value is -2.27. The van der Waals surface area contributed by atoms with Crippen LogP contribution in [0.5, 0.6) is 5.75 Å². The Kier molecular flexibility index (Phi) is 6.12. The topological polar surface area (TPSA) is 54.7 Å². The standard InChI is InChI=1S/C20H26N2O3/c1-24-17-9-7-16(8-10-17)14-20(23)21-15-18(19-6-5-13-25-19)22-11-3-2-4-12-22/h5-10,13,18H,2-4,11-12,14-15H2,1H3,(H,21,23). The van der Waals surface area contributed by atoms with Crippen LogP contribution in [0.2, 0.25) is 0 Å². The number of nitrogens with zero attached hydrogens (tertiary/aromatic N) is 1. The number of benzene rings is 1. The molecule has 0 radical (unpaired) electrons. The van der Waals surface area contributed by atoms with Gasteiger partial charge in [0.1, 0.15) is 11.5 Å². The number of nitrogens with one attached hydrogen (secondary N) is 1. The molecule has 1 aliphatic heterocycles. The Morgan fingerprint density at radius 3 is 2.60 bits per heavy atom. The van der Waals surface area contributed by atoms with E-state index in [0.717, 1.165) is 30.2 Å².